The van der Waals surface area contributed by atoms with Crippen LogP contribution in [0.2, 0.25) is 0 Å². The van der Waals surface area contributed by atoms with Crippen LogP contribution in [-0.2, 0) is 4.79 Å². The van der Waals surface area contributed by atoms with Crippen molar-refractivity contribution in [3.05, 3.63) is 60.2 Å². The first-order chi connectivity index (χ1) is 9.24. The highest BCUT2D eigenvalue weighted by Crippen LogP contribution is 2.19. The second kappa shape index (κ2) is 7.00. The smallest absolute Gasteiger partial charge is 0.225 e. The largest absolute Gasteiger partial charge is 0.326 e. The zero-order valence-corrected chi connectivity index (χ0v) is 11.7. The first-order valence-electron chi connectivity index (χ1n) is 6.28. The summed E-state index contributed by atoms with van der Waals surface area (Å²) in [6.45, 7) is 2.08. The molecule has 0 heterocycles. The van der Waals surface area contributed by atoms with E-state index in [-0.39, 0.29) is 5.91 Å². The number of hydrogen-bond donors (Lipinski definition) is 1. The predicted molar refractivity (Wildman–Crippen MR) is 81.6 cm³/mol. The maximum Gasteiger partial charge on any atom is 0.225 e. The molecule has 19 heavy (non-hydrogen) atoms. The number of carbonyl (C=O) groups excluding carboxylic acids is 1. The minimum Gasteiger partial charge on any atom is -0.326 e. The molecule has 0 aromatic heterocycles. The summed E-state index contributed by atoms with van der Waals surface area (Å²) in [6.07, 6.45) is 0.521. The number of para-hydroxylation sites is 1. The molecule has 2 nitrogen and oxygen atoms in total. The third kappa shape index (κ3) is 4.79. The van der Waals surface area contributed by atoms with E-state index in [1.807, 2.05) is 36.4 Å². The molecule has 0 radical (unpaired) electrons. The van der Waals surface area contributed by atoms with E-state index in [1.54, 1.807) is 11.8 Å². The number of benzene rings is 2. The molecule has 3 heteroatoms. The van der Waals surface area contributed by atoms with Crippen molar-refractivity contribution in [2.75, 3.05) is 11.1 Å². The number of amides is 1. The van der Waals surface area contributed by atoms with E-state index in [9.17, 15) is 4.79 Å². The van der Waals surface area contributed by atoms with Crippen LogP contribution in [0.25, 0.3) is 0 Å². The van der Waals surface area contributed by atoms with E-state index in [4.69, 9.17) is 0 Å². The van der Waals surface area contributed by atoms with Gasteiger partial charge in [0.1, 0.15) is 0 Å². The lowest BCUT2D eigenvalue weighted by Crippen LogP contribution is -2.11. The topological polar surface area (TPSA) is 29.1 Å². The Bertz CT molecular complexity index is 539. The number of hydrogen-bond acceptors (Lipinski definition) is 2. The molecule has 0 aliphatic rings. The summed E-state index contributed by atoms with van der Waals surface area (Å²) >= 11 is 1.71. The Hall–Kier alpha value is -1.74. The third-order valence-corrected chi connectivity index (χ3v) is 3.64. The van der Waals surface area contributed by atoms with Crippen molar-refractivity contribution in [2.24, 2.45) is 0 Å². The standard InChI is InChI=1S/C16H17NOS/c1-13-6-5-9-15(12-13)19-11-10-16(18)17-14-7-3-2-4-8-14/h2-9,12H,10-11H2,1H3,(H,17,18). The van der Waals surface area contributed by atoms with Crippen LogP contribution in [0.1, 0.15) is 12.0 Å². The van der Waals surface area contributed by atoms with Crippen LogP contribution >= 0.6 is 11.8 Å². The van der Waals surface area contributed by atoms with Crippen LogP contribution in [0.4, 0.5) is 5.69 Å². The Morgan fingerprint density at radius 1 is 1.11 bits per heavy atom. The molecule has 0 saturated carbocycles. The predicted octanol–water partition coefficient (Wildman–Crippen LogP) is 4.12. The lowest BCUT2D eigenvalue weighted by atomic mass is 10.2. The quantitative estimate of drug-likeness (QED) is 0.829. The van der Waals surface area contributed by atoms with Crippen molar-refractivity contribution >= 4 is 23.4 Å². The minimum atomic E-state index is 0.0614. The molecular weight excluding hydrogens is 254 g/mol. The van der Waals surface area contributed by atoms with Gasteiger partial charge in [-0.15, -0.1) is 11.8 Å². The zero-order valence-electron chi connectivity index (χ0n) is 10.9. The van der Waals surface area contributed by atoms with Crippen LogP contribution in [0.5, 0.6) is 0 Å². The number of aryl methyl sites for hydroxylation is 1. The second-order valence-electron chi connectivity index (χ2n) is 4.33. The van der Waals surface area contributed by atoms with E-state index < -0.39 is 0 Å². The molecule has 2 rings (SSSR count). The van der Waals surface area contributed by atoms with E-state index in [0.717, 1.165) is 11.4 Å². The average molecular weight is 271 g/mol. The summed E-state index contributed by atoms with van der Waals surface area (Å²) in [6, 6.07) is 17.9. The van der Waals surface area contributed by atoms with Crippen LogP contribution in [-0.4, -0.2) is 11.7 Å². The van der Waals surface area contributed by atoms with Gasteiger partial charge in [-0.25, -0.2) is 0 Å². The third-order valence-electron chi connectivity index (χ3n) is 2.64. The SMILES string of the molecule is Cc1cccc(SCCC(=O)Nc2ccccc2)c1. The number of carbonyl (C=O) groups is 1. The van der Waals surface area contributed by atoms with E-state index in [1.165, 1.54) is 10.5 Å². The summed E-state index contributed by atoms with van der Waals surface area (Å²) in [5.74, 6) is 0.855. The molecule has 1 amide bonds. The van der Waals surface area contributed by atoms with E-state index in [0.29, 0.717) is 6.42 Å². The second-order valence-corrected chi connectivity index (χ2v) is 5.50. The Balaban J connectivity index is 1.75. The van der Waals surface area contributed by atoms with Crippen molar-refractivity contribution in [3.8, 4) is 0 Å². The fraction of sp³-hybridized carbons (Fsp3) is 0.188. The van der Waals surface area contributed by atoms with E-state index in [2.05, 4.69) is 30.4 Å². The molecular formula is C16H17NOS. The molecule has 2 aromatic carbocycles. The van der Waals surface area contributed by atoms with Gasteiger partial charge in [0.05, 0.1) is 0 Å². The highest BCUT2D eigenvalue weighted by molar-refractivity contribution is 7.99. The van der Waals surface area contributed by atoms with Gasteiger partial charge in [-0.05, 0) is 31.2 Å². The molecule has 0 unspecified atom stereocenters. The van der Waals surface area contributed by atoms with Gasteiger partial charge in [-0.1, -0.05) is 35.9 Å². The van der Waals surface area contributed by atoms with Crippen LogP contribution in [0.15, 0.2) is 59.5 Å². The number of nitrogens with one attached hydrogen (secondary N) is 1. The Labute approximate surface area is 118 Å². The number of rotatable bonds is 5. The Morgan fingerprint density at radius 3 is 2.63 bits per heavy atom. The van der Waals surface area contributed by atoms with Gasteiger partial charge in [0.15, 0.2) is 0 Å². The van der Waals surface area contributed by atoms with Crippen LogP contribution in [0.3, 0.4) is 0 Å². The van der Waals surface area contributed by atoms with Gasteiger partial charge in [0.25, 0.3) is 0 Å². The monoisotopic (exact) mass is 271 g/mol. The van der Waals surface area contributed by atoms with Crippen molar-refractivity contribution in [3.63, 3.8) is 0 Å². The van der Waals surface area contributed by atoms with Gasteiger partial charge >= 0.3 is 0 Å². The summed E-state index contributed by atoms with van der Waals surface area (Å²) < 4.78 is 0. The van der Waals surface area contributed by atoms with E-state index >= 15 is 0 Å². The summed E-state index contributed by atoms with van der Waals surface area (Å²) in [4.78, 5) is 13.0. The molecule has 1 N–H and O–H groups in total. The molecule has 0 saturated heterocycles. The molecule has 2 aromatic rings. The summed E-state index contributed by atoms with van der Waals surface area (Å²) in [5.41, 5.74) is 2.10. The first-order valence-corrected chi connectivity index (χ1v) is 7.27. The molecule has 0 fully saturated rings. The van der Waals surface area contributed by atoms with Crippen molar-refractivity contribution in [2.45, 2.75) is 18.2 Å². The molecule has 0 spiro atoms. The molecule has 0 bridgehead atoms. The fourth-order valence-corrected chi connectivity index (χ4v) is 2.68. The molecule has 98 valence electrons. The Kier molecular flexibility index (Phi) is 5.04. The van der Waals surface area contributed by atoms with Crippen LogP contribution < -0.4 is 5.32 Å². The molecule has 0 aliphatic heterocycles. The summed E-state index contributed by atoms with van der Waals surface area (Å²) in [7, 11) is 0. The normalized spacial score (nSPS) is 10.2. The van der Waals surface area contributed by atoms with Crippen molar-refractivity contribution < 1.29 is 4.79 Å². The van der Waals surface area contributed by atoms with Gasteiger partial charge in [0, 0.05) is 22.8 Å². The molecule has 0 atom stereocenters. The maximum atomic E-state index is 11.7. The van der Waals surface area contributed by atoms with Gasteiger partial charge in [-0.2, -0.15) is 0 Å². The number of thioether (sulfide) groups is 1. The highest BCUT2D eigenvalue weighted by Gasteiger charge is 2.02. The lowest BCUT2D eigenvalue weighted by molar-refractivity contribution is -0.115. The lowest BCUT2D eigenvalue weighted by Gasteiger charge is -2.05. The van der Waals surface area contributed by atoms with Crippen molar-refractivity contribution in [1.82, 2.24) is 0 Å². The fourth-order valence-electron chi connectivity index (χ4n) is 1.71. The average Bonchev–Trinajstić information content (AvgIpc) is 2.40. The summed E-state index contributed by atoms with van der Waals surface area (Å²) in [5, 5.41) is 2.89. The number of anilines is 1. The van der Waals surface area contributed by atoms with Crippen molar-refractivity contribution in [1.29, 1.82) is 0 Å². The van der Waals surface area contributed by atoms with Gasteiger partial charge in [-0.3, -0.25) is 4.79 Å². The van der Waals surface area contributed by atoms with Gasteiger partial charge < -0.3 is 5.32 Å². The maximum absolute atomic E-state index is 11.7. The molecule has 0 aliphatic carbocycles. The van der Waals surface area contributed by atoms with Gasteiger partial charge in [0.2, 0.25) is 5.91 Å². The first kappa shape index (κ1) is 13.7. The highest BCUT2D eigenvalue weighted by atomic mass is 32.2. The zero-order chi connectivity index (χ0) is 13.5. The van der Waals surface area contributed by atoms with Crippen LogP contribution in [0, 0.1) is 6.92 Å². The Morgan fingerprint density at radius 2 is 1.89 bits per heavy atom. The minimum absolute atomic E-state index is 0.0614.